The lowest BCUT2D eigenvalue weighted by molar-refractivity contribution is -0.121. The molecule has 1 amide bonds. The maximum atomic E-state index is 13.0. The molecule has 7 nitrogen and oxygen atoms in total. The van der Waals surface area contributed by atoms with Gasteiger partial charge in [0.25, 0.3) is 0 Å². The van der Waals surface area contributed by atoms with Crippen LogP contribution in [0.4, 0.5) is 5.82 Å². The summed E-state index contributed by atoms with van der Waals surface area (Å²) >= 11 is 0. The number of rotatable bonds is 5. The Morgan fingerprint density at radius 1 is 1.19 bits per heavy atom. The third-order valence-electron chi connectivity index (χ3n) is 5.47. The van der Waals surface area contributed by atoms with Crippen LogP contribution < -0.4 is 9.62 Å². The fraction of sp³-hybridized carbons (Fsp3) is 0.474. The molecule has 0 saturated carbocycles. The average molecular weight is 388 g/mol. The van der Waals surface area contributed by atoms with E-state index in [2.05, 4.69) is 9.82 Å². The third-order valence-corrected chi connectivity index (χ3v) is 7.29. The topological polar surface area (TPSA) is 84.3 Å². The summed E-state index contributed by atoms with van der Waals surface area (Å²) in [6.07, 6.45) is 3.93. The van der Waals surface area contributed by atoms with E-state index in [9.17, 15) is 13.2 Å². The van der Waals surface area contributed by atoms with Gasteiger partial charge in [0.05, 0.1) is 11.4 Å². The number of nitrogens with zero attached hydrogens (tertiary/aromatic N) is 3. The van der Waals surface area contributed by atoms with E-state index in [-0.39, 0.29) is 5.91 Å². The van der Waals surface area contributed by atoms with Gasteiger partial charge >= 0.3 is 0 Å². The number of carbonyl (C=O) groups excluding carboxylic acids is 1. The van der Waals surface area contributed by atoms with Crippen LogP contribution in [-0.4, -0.2) is 41.9 Å². The Morgan fingerprint density at radius 2 is 1.89 bits per heavy atom. The number of aromatic nitrogens is 2. The Morgan fingerprint density at radius 3 is 2.56 bits per heavy atom. The van der Waals surface area contributed by atoms with Gasteiger partial charge in [-0.05, 0) is 43.7 Å². The summed E-state index contributed by atoms with van der Waals surface area (Å²) in [4.78, 5) is 14.6. The lowest BCUT2D eigenvalue weighted by atomic mass is 10.1. The number of sulfonamides is 1. The van der Waals surface area contributed by atoms with E-state index in [1.54, 1.807) is 21.8 Å². The van der Waals surface area contributed by atoms with E-state index in [0.29, 0.717) is 32.4 Å². The fourth-order valence-electron chi connectivity index (χ4n) is 4.04. The number of benzene rings is 1. The molecule has 1 aliphatic carbocycles. The monoisotopic (exact) mass is 388 g/mol. The summed E-state index contributed by atoms with van der Waals surface area (Å²) in [7, 11) is -3.59. The first-order valence-corrected chi connectivity index (χ1v) is 11.0. The Bertz CT molecular complexity index is 928. The molecule has 0 bridgehead atoms. The highest BCUT2D eigenvalue weighted by Gasteiger charge is 2.38. The minimum absolute atomic E-state index is 0.199. The molecule has 0 radical (unpaired) electrons. The lowest BCUT2D eigenvalue weighted by Gasteiger charge is -2.33. The predicted molar refractivity (Wildman–Crippen MR) is 103 cm³/mol. The highest BCUT2D eigenvalue weighted by atomic mass is 32.2. The van der Waals surface area contributed by atoms with Crippen molar-refractivity contribution in [3.63, 3.8) is 0 Å². The van der Waals surface area contributed by atoms with Gasteiger partial charge in [0, 0.05) is 19.2 Å². The van der Waals surface area contributed by atoms with Crippen LogP contribution in [0.15, 0.2) is 36.5 Å². The quantitative estimate of drug-likeness (QED) is 0.841. The first-order valence-electron chi connectivity index (χ1n) is 9.40. The van der Waals surface area contributed by atoms with Gasteiger partial charge in [-0.25, -0.2) is 17.8 Å². The molecule has 1 atom stereocenters. The van der Waals surface area contributed by atoms with E-state index in [1.807, 2.05) is 31.2 Å². The number of anilines is 1. The molecule has 1 aromatic heterocycles. The molecule has 2 aromatic rings. The molecule has 2 heterocycles. The lowest BCUT2D eigenvalue weighted by Crippen LogP contribution is -2.54. The van der Waals surface area contributed by atoms with E-state index in [0.717, 1.165) is 23.4 Å². The summed E-state index contributed by atoms with van der Waals surface area (Å²) in [6, 6.07) is 8.90. The minimum atomic E-state index is -3.59. The highest BCUT2D eigenvalue weighted by molar-refractivity contribution is 7.90. The van der Waals surface area contributed by atoms with Crippen molar-refractivity contribution in [2.75, 3.05) is 11.4 Å². The molecular weight excluding hydrogens is 364 g/mol. The van der Waals surface area contributed by atoms with Crippen LogP contribution in [0.2, 0.25) is 0 Å². The molecule has 27 heavy (non-hydrogen) atoms. The molecule has 1 fully saturated rings. The van der Waals surface area contributed by atoms with Gasteiger partial charge in [-0.2, -0.15) is 5.10 Å². The molecule has 8 heteroatoms. The molecule has 1 aromatic carbocycles. The molecule has 1 saturated heterocycles. The van der Waals surface area contributed by atoms with Crippen LogP contribution in [0.1, 0.15) is 30.9 Å². The molecule has 1 aliphatic heterocycles. The van der Waals surface area contributed by atoms with Gasteiger partial charge in [0.15, 0.2) is 0 Å². The SMILES string of the molecule is CCn1nccc1N1CCCC(NS(=O)(=O)C2Cc3ccccc3C2)C1=O. The zero-order valence-corrected chi connectivity index (χ0v) is 16.2. The maximum Gasteiger partial charge on any atom is 0.246 e. The smallest absolute Gasteiger partial charge is 0.246 e. The Kier molecular flexibility index (Phi) is 4.77. The zero-order chi connectivity index (χ0) is 19.0. The molecular formula is C19H24N4O3S. The van der Waals surface area contributed by atoms with Crippen molar-refractivity contribution in [3.05, 3.63) is 47.7 Å². The van der Waals surface area contributed by atoms with Crippen LogP contribution in [0, 0.1) is 0 Å². The molecule has 0 spiro atoms. The number of hydrogen-bond donors (Lipinski definition) is 1. The number of aryl methyl sites for hydroxylation is 1. The number of fused-ring (bicyclic) bond motifs is 1. The van der Waals surface area contributed by atoms with Gasteiger partial charge in [0.1, 0.15) is 11.9 Å². The van der Waals surface area contributed by atoms with E-state index >= 15 is 0 Å². The van der Waals surface area contributed by atoms with Crippen LogP contribution >= 0.6 is 0 Å². The summed E-state index contributed by atoms with van der Waals surface area (Å²) in [6.45, 7) is 3.20. The van der Waals surface area contributed by atoms with E-state index in [1.165, 1.54) is 0 Å². The van der Waals surface area contributed by atoms with Crippen molar-refractivity contribution in [1.29, 1.82) is 0 Å². The predicted octanol–water partition coefficient (Wildman–Crippen LogP) is 1.49. The summed E-state index contributed by atoms with van der Waals surface area (Å²) in [5.41, 5.74) is 2.16. The molecule has 1 unspecified atom stereocenters. The van der Waals surface area contributed by atoms with Gasteiger partial charge in [-0.1, -0.05) is 24.3 Å². The first-order chi connectivity index (χ1) is 13.0. The standard InChI is InChI=1S/C19H24N4O3S/c1-2-23-18(9-10-20-23)22-11-5-8-17(19(22)24)21-27(25,26)16-12-14-6-3-4-7-15(14)13-16/h3-4,6-7,9-10,16-17,21H,2,5,8,11-13H2,1H3. The first kappa shape index (κ1) is 18.2. The summed E-state index contributed by atoms with van der Waals surface area (Å²) in [5.74, 6) is 0.523. The number of piperidine rings is 1. The highest BCUT2D eigenvalue weighted by Crippen LogP contribution is 2.27. The second kappa shape index (κ2) is 7.09. The second-order valence-electron chi connectivity index (χ2n) is 7.15. The van der Waals surface area contributed by atoms with Crippen LogP contribution in [0.3, 0.4) is 0 Å². The van der Waals surface area contributed by atoms with Crippen LogP contribution in [-0.2, 0) is 34.2 Å². The van der Waals surface area contributed by atoms with Crippen molar-refractivity contribution >= 4 is 21.7 Å². The number of amides is 1. The fourth-order valence-corrected chi connectivity index (χ4v) is 5.65. The van der Waals surface area contributed by atoms with E-state index in [4.69, 9.17) is 0 Å². The van der Waals surface area contributed by atoms with Gasteiger partial charge in [-0.15, -0.1) is 0 Å². The summed E-state index contributed by atoms with van der Waals surface area (Å²) in [5, 5.41) is 3.70. The summed E-state index contributed by atoms with van der Waals surface area (Å²) < 4.78 is 30.3. The van der Waals surface area contributed by atoms with Crippen molar-refractivity contribution in [2.45, 2.75) is 50.4 Å². The maximum absolute atomic E-state index is 13.0. The molecule has 4 rings (SSSR count). The second-order valence-corrected chi connectivity index (χ2v) is 9.14. The molecule has 2 aliphatic rings. The number of carbonyl (C=O) groups is 1. The van der Waals surface area contributed by atoms with Crippen molar-refractivity contribution < 1.29 is 13.2 Å². The average Bonchev–Trinajstić information content (AvgIpc) is 3.30. The van der Waals surface area contributed by atoms with E-state index < -0.39 is 21.3 Å². The van der Waals surface area contributed by atoms with Crippen LogP contribution in [0.25, 0.3) is 0 Å². The Balaban J connectivity index is 1.50. The number of hydrogen-bond acceptors (Lipinski definition) is 4. The van der Waals surface area contributed by atoms with Gasteiger partial charge in [-0.3, -0.25) is 9.69 Å². The normalized spacial score (nSPS) is 20.9. The zero-order valence-electron chi connectivity index (χ0n) is 15.3. The minimum Gasteiger partial charge on any atom is -0.296 e. The Hall–Kier alpha value is -2.19. The largest absolute Gasteiger partial charge is 0.296 e. The van der Waals surface area contributed by atoms with Crippen molar-refractivity contribution in [1.82, 2.24) is 14.5 Å². The Labute approximate surface area is 159 Å². The van der Waals surface area contributed by atoms with Gasteiger partial charge in [0.2, 0.25) is 15.9 Å². The van der Waals surface area contributed by atoms with Crippen molar-refractivity contribution in [2.24, 2.45) is 0 Å². The molecule has 144 valence electrons. The van der Waals surface area contributed by atoms with Gasteiger partial charge < -0.3 is 0 Å². The number of nitrogens with one attached hydrogen (secondary N) is 1. The third kappa shape index (κ3) is 3.39. The van der Waals surface area contributed by atoms with Crippen molar-refractivity contribution in [3.8, 4) is 0 Å². The molecule has 1 N–H and O–H groups in total. The van der Waals surface area contributed by atoms with Crippen LogP contribution in [0.5, 0.6) is 0 Å².